The zero-order valence-electron chi connectivity index (χ0n) is 39.7. The van der Waals surface area contributed by atoms with Gasteiger partial charge >= 0.3 is 11.9 Å². The molecule has 0 N–H and O–H groups in total. The van der Waals surface area contributed by atoms with Crippen LogP contribution in [0.25, 0.3) is 0 Å². The highest BCUT2D eigenvalue weighted by molar-refractivity contribution is 8.14. The number of methoxy groups -OCH3 is 2. The Labute approximate surface area is 415 Å². The molecule has 2 saturated heterocycles. The molecule has 2 amide bonds. The van der Waals surface area contributed by atoms with Crippen LogP contribution in [0.1, 0.15) is 75.9 Å². The van der Waals surface area contributed by atoms with Crippen molar-refractivity contribution in [1.82, 2.24) is 9.80 Å². The Hall–Kier alpha value is -6.83. The summed E-state index contributed by atoms with van der Waals surface area (Å²) in [6, 6.07) is 55.3. The summed E-state index contributed by atoms with van der Waals surface area (Å²) in [5.41, 5.74) is 4.82. The minimum Gasteiger partial charge on any atom is -0.467 e. The van der Waals surface area contributed by atoms with E-state index in [1.807, 2.05) is 158 Å². The molecule has 0 bridgehead atoms. The molecule has 0 unspecified atom stereocenters. The number of hydrogen-bond acceptors (Lipinski definition) is 9. The van der Waals surface area contributed by atoms with Crippen molar-refractivity contribution >= 4 is 58.4 Å². The number of thioether (sulfide) groups is 1. The van der Waals surface area contributed by atoms with Crippen molar-refractivity contribution < 1.29 is 44.0 Å². The molecule has 0 saturated carbocycles. The van der Waals surface area contributed by atoms with Crippen LogP contribution >= 0.6 is 24.4 Å². The van der Waals surface area contributed by atoms with Crippen LogP contribution in [0.2, 0.25) is 0 Å². The van der Waals surface area contributed by atoms with E-state index in [0.29, 0.717) is 37.1 Å². The van der Waals surface area contributed by atoms with Crippen molar-refractivity contribution in [2.24, 2.45) is 5.92 Å². The molecule has 13 heteroatoms. The summed E-state index contributed by atoms with van der Waals surface area (Å²) >= 11 is 4.82. The maximum Gasteiger partial charge on any atom is 0.328 e. The van der Waals surface area contributed by atoms with Crippen LogP contribution in [0.5, 0.6) is 0 Å². The topological polar surface area (TPSA) is 127 Å². The summed E-state index contributed by atoms with van der Waals surface area (Å²) in [7, 11) is 1.70. The minimum atomic E-state index is -1.00. The predicted octanol–water partition coefficient (Wildman–Crippen LogP) is 10.1. The Balaban J connectivity index is 0.000000216. The van der Waals surface area contributed by atoms with Gasteiger partial charge in [-0.1, -0.05) is 201 Å². The normalized spacial score (nSPS) is 17.1. The molecular weight excluding hydrogens is 912 g/mol. The Morgan fingerprint density at radius 2 is 0.870 bits per heavy atom. The number of thiol groups is 1. The first-order valence-corrected chi connectivity index (χ1v) is 23.6. The van der Waals surface area contributed by atoms with E-state index < -0.39 is 37.0 Å². The number of amides is 2. The largest absolute Gasteiger partial charge is 0.467 e. The lowest BCUT2D eigenvalue weighted by Crippen LogP contribution is -2.43. The summed E-state index contributed by atoms with van der Waals surface area (Å²) < 4.78 is 25.4. The zero-order chi connectivity index (χ0) is 50.4. The maximum atomic E-state index is 13.9. The van der Waals surface area contributed by atoms with Gasteiger partial charge in [0.15, 0.2) is 0 Å². The number of nitrogens with zero attached hydrogens (tertiary/aromatic N) is 2. The van der Waals surface area contributed by atoms with E-state index in [1.165, 1.54) is 26.0 Å². The fraction of sp³-hybridized carbons (Fsp3) is 0.250. The third-order valence-corrected chi connectivity index (χ3v) is 13.0. The van der Waals surface area contributed by atoms with Gasteiger partial charge in [-0.2, -0.15) is 0 Å². The fourth-order valence-electron chi connectivity index (χ4n) is 8.38. The number of alkyl halides is 1. The van der Waals surface area contributed by atoms with Gasteiger partial charge < -0.3 is 19.3 Å². The molecule has 6 aromatic carbocycles. The summed E-state index contributed by atoms with van der Waals surface area (Å²) in [6.45, 7) is 2.94. The molecule has 358 valence electrons. The van der Waals surface area contributed by atoms with Crippen LogP contribution < -0.4 is 0 Å². The third kappa shape index (κ3) is 14.6. The number of esters is 2. The fourth-order valence-corrected chi connectivity index (χ4v) is 9.62. The van der Waals surface area contributed by atoms with E-state index in [-0.39, 0.29) is 39.2 Å². The van der Waals surface area contributed by atoms with E-state index >= 15 is 0 Å². The number of rotatable bonds is 11. The summed E-state index contributed by atoms with van der Waals surface area (Å²) in [5.74, 6) is -1.69. The van der Waals surface area contributed by atoms with Gasteiger partial charge in [-0.15, -0.1) is 12.6 Å². The molecule has 0 aliphatic carbocycles. The second-order valence-corrected chi connectivity index (χ2v) is 17.9. The second kappa shape index (κ2) is 27.2. The van der Waals surface area contributed by atoms with Crippen molar-refractivity contribution in [3.63, 3.8) is 0 Å². The number of carbonyl (C=O) groups excluding carboxylic acids is 6. The smallest absolute Gasteiger partial charge is 0.328 e. The Morgan fingerprint density at radius 3 is 1.20 bits per heavy atom. The average molecular weight is 970 g/mol. The van der Waals surface area contributed by atoms with E-state index in [9.17, 15) is 33.2 Å². The summed E-state index contributed by atoms with van der Waals surface area (Å²) in [6.07, 6.45) is 1.02. The van der Waals surface area contributed by atoms with Crippen molar-refractivity contribution in [2.75, 3.05) is 34.5 Å². The van der Waals surface area contributed by atoms with Crippen LogP contribution in [0.3, 0.4) is 0 Å². The van der Waals surface area contributed by atoms with Crippen LogP contribution in [0, 0.1) is 5.92 Å². The van der Waals surface area contributed by atoms with Crippen molar-refractivity contribution in [3.8, 4) is 0 Å². The highest BCUT2D eigenvalue weighted by atomic mass is 32.2. The Kier molecular flexibility index (Phi) is 20.4. The van der Waals surface area contributed by atoms with E-state index in [2.05, 4.69) is 19.6 Å². The van der Waals surface area contributed by atoms with Gasteiger partial charge in [-0.25, -0.2) is 9.59 Å². The zero-order valence-corrected chi connectivity index (χ0v) is 40.4. The molecule has 0 spiro atoms. The number of ether oxygens (including phenoxy) is 2. The molecule has 2 aliphatic rings. The first-order chi connectivity index (χ1) is 33.9. The van der Waals surface area contributed by atoms with Gasteiger partial charge in [-0.05, 0) is 41.0 Å². The van der Waals surface area contributed by atoms with E-state index in [4.69, 9.17) is 10.8 Å². The van der Waals surface area contributed by atoms with Crippen molar-refractivity contribution in [1.29, 1.82) is 0 Å². The van der Waals surface area contributed by atoms with Gasteiger partial charge in [0, 0.05) is 29.5 Å². The van der Waals surface area contributed by atoms with Crippen LogP contribution in [0.15, 0.2) is 182 Å². The molecule has 4 atom stereocenters. The van der Waals surface area contributed by atoms with Gasteiger partial charge in [0.05, 0.1) is 34.6 Å². The Morgan fingerprint density at radius 1 is 0.551 bits per heavy atom. The molecule has 0 radical (unpaired) electrons. The van der Waals surface area contributed by atoms with Gasteiger partial charge in [-0.3, -0.25) is 23.6 Å². The van der Waals surface area contributed by atoms with Crippen molar-refractivity contribution in [2.45, 2.75) is 48.9 Å². The SMILES string of the molecule is COC(=O)[C@@H]1C[C@@H](C)CN1C(=O)C(c1ccccc1)c1ccccc1.COC(=O)[C@@H]1C[C@H](SC(=O)c2ccccc2)CN1C(=O)C(c1ccccc1)c1ccccc1.O=C(S)c1ccccc1.[2H]CF. The molecule has 2 aliphatic heterocycles. The molecule has 2 heterocycles. The Bertz CT molecular complexity index is 2510. The number of halogens is 1. The van der Waals surface area contributed by atoms with Crippen molar-refractivity contribution in [3.05, 3.63) is 215 Å². The monoisotopic (exact) mass is 969 g/mol. The summed E-state index contributed by atoms with van der Waals surface area (Å²) in [5, 5.41) is -0.449. The van der Waals surface area contributed by atoms with Crippen LogP contribution in [-0.4, -0.2) is 95.6 Å². The number of likely N-dealkylation sites (tertiary alicyclic amines) is 2. The average Bonchev–Trinajstić information content (AvgIpc) is 4.02. The second-order valence-electron chi connectivity index (χ2n) is 16.2. The maximum absolute atomic E-state index is 13.9. The first kappa shape index (κ1) is 51.6. The molecule has 0 aromatic heterocycles. The van der Waals surface area contributed by atoms with Gasteiger partial charge in [0.25, 0.3) is 0 Å². The van der Waals surface area contributed by atoms with Crippen LogP contribution in [-0.2, 0) is 28.7 Å². The van der Waals surface area contributed by atoms with Gasteiger partial charge in [0.2, 0.25) is 22.0 Å². The molecule has 6 aromatic rings. The van der Waals surface area contributed by atoms with E-state index in [1.54, 1.807) is 34.1 Å². The lowest BCUT2D eigenvalue weighted by Gasteiger charge is -2.28. The lowest BCUT2D eigenvalue weighted by molar-refractivity contribution is -0.151. The minimum absolute atomic E-state index is 0.0443. The number of benzene rings is 6. The molecule has 8 rings (SSSR count). The highest BCUT2D eigenvalue weighted by Crippen LogP contribution is 2.36. The molecule has 2 fully saturated rings. The van der Waals surface area contributed by atoms with Crippen LogP contribution in [0.4, 0.5) is 4.39 Å². The summed E-state index contributed by atoms with van der Waals surface area (Å²) in [4.78, 5) is 78.7. The quantitative estimate of drug-likeness (QED) is 0.0997. The highest BCUT2D eigenvalue weighted by Gasteiger charge is 2.44. The molecule has 69 heavy (non-hydrogen) atoms. The standard InChI is InChI=1S/C27H25NO4S.C21H23NO3.C7H6OS.CH3F/c1-32-26(30)23-17-22(33-27(31)21-15-9-4-10-16-21)18-28(23)25(29)24(19-11-5-2-6-12-19)20-13-7-3-8-14-20;1-15-13-18(21(24)25-2)22(14-15)20(23)19(16-9-5-3-6-10-16)17-11-7-4-8-12-17;8-7(9)6-4-2-1-3-5-6;1-2/h2-16,22-24H,17-18H2,1H3;3-12,15,18-19H,13-14H2,1-2H3;1-5H,(H,8,9);1H3/t22-,23-;15-,18+;;/m01../s1/i;;;1D. The predicted molar refractivity (Wildman–Crippen MR) is 272 cm³/mol. The molecular formula is C56H57FN2O8S2. The van der Waals surface area contributed by atoms with Gasteiger partial charge in [0.1, 0.15) is 12.1 Å². The first-order valence-electron chi connectivity index (χ1n) is 23.0. The number of hydrogen-bond donors (Lipinski definition) is 1. The lowest BCUT2D eigenvalue weighted by atomic mass is 9.90. The molecule has 10 nitrogen and oxygen atoms in total. The van der Waals surface area contributed by atoms with E-state index in [0.717, 1.165) is 22.3 Å². The third-order valence-electron chi connectivity index (χ3n) is 11.6. The number of carbonyl (C=O) groups is 6.